The summed E-state index contributed by atoms with van der Waals surface area (Å²) < 4.78 is 0. The molecule has 0 spiro atoms. The Morgan fingerprint density at radius 2 is 1.95 bits per heavy atom. The summed E-state index contributed by atoms with van der Waals surface area (Å²) in [6.45, 7) is 3.24. The highest BCUT2D eigenvalue weighted by Crippen LogP contribution is 2.32. The number of hydrogen-bond acceptors (Lipinski definition) is 5. The summed E-state index contributed by atoms with van der Waals surface area (Å²) in [5, 5.41) is 27.2. The van der Waals surface area contributed by atoms with E-state index in [-0.39, 0.29) is 5.69 Å². The first-order valence-corrected chi connectivity index (χ1v) is 7.02. The Morgan fingerprint density at radius 3 is 2.45 bits per heavy atom. The van der Waals surface area contributed by atoms with Crippen molar-refractivity contribution in [1.29, 1.82) is 0 Å². The number of nitro benzene ring substituents is 1. The predicted octanol–water partition coefficient (Wildman–Crippen LogP) is 2.74. The van der Waals surface area contributed by atoms with Crippen LogP contribution in [0.3, 0.4) is 0 Å². The Bertz CT molecular complexity index is 487. The lowest BCUT2D eigenvalue weighted by atomic mass is 9.80. The Kier molecular flexibility index (Phi) is 4.44. The van der Waals surface area contributed by atoms with Gasteiger partial charge in [0.2, 0.25) is 0 Å². The lowest BCUT2D eigenvalue weighted by molar-refractivity contribution is -0.384. The molecule has 1 saturated carbocycles. The Balaban J connectivity index is 2.09. The van der Waals surface area contributed by atoms with Crippen LogP contribution in [-0.2, 0) is 0 Å². The van der Waals surface area contributed by atoms with Crippen molar-refractivity contribution in [3.63, 3.8) is 0 Å². The lowest BCUT2D eigenvalue weighted by Gasteiger charge is -2.36. The van der Waals surface area contributed by atoms with Crippen LogP contribution in [0.25, 0.3) is 0 Å². The van der Waals surface area contributed by atoms with Crippen LogP contribution in [-0.4, -0.2) is 28.7 Å². The second-order valence-electron chi connectivity index (χ2n) is 5.38. The zero-order chi connectivity index (χ0) is 14.6. The number of non-ortho nitro benzene ring substituents is 1. The summed E-state index contributed by atoms with van der Waals surface area (Å²) in [5.74, 6) is 0. The zero-order valence-corrected chi connectivity index (χ0v) is 11.7. The van der Waals surface area contributed by atoms with Gasteiger partial charge in [-0.1, -0.05) is 6.92 Å². The summed E-state index contributed by atoms with van der Waals surface area (Å²) >= 11 is 0. The smallest absolute Gasteiger partial charge is 0.273 e. The zero-order valence-electron chi connectivity index (χ0n) is 11.7. The van der Waals surface area contributed by atoms with E-state index in [1.54, 1.807) is 0 Å². The Hall–Kier alpha value is -1.82. The highest BCUT2D eigenvalue weighted by Gasteiger charge is 2.34. The van der Waals surface area contributed by atoms with Gasteiger partial charge in [0.05, 0.1) is 10.5 Å². The molecule has 1 aromatic carbocycles. The van der Waals surface area contributed by atoms with Crippen molar-refractivity contribution in [2.45, 2.75) is 38.2 Å². The number of anilines is 2. The summed E-state index contributed by atoms with van der Waals surface area (Å²) in [6.07, 6.45) is 3.56. The molecule has 0 amide bonds. The van der Waals surface area contributed by atoms with Gasteiger partial charge in [-0.05, 0) is 31.7 Å². The summed E-state index contributed by atoms with van der Waals surface area (Å²) in [5.41, 5.74) is 0.790. The van der Waals surface area contributed by atoms with Crippen molar-refractivity contribution in [1.82, 2.24) is 0 Å². The fourth-order valence-electron chi connectivity index (χ4n) is 2.22. The molecule has 0 aliphatic heterocycles. The van der Waals surface area contributed by atoms with Crippen LogP contribution in [0.5, 0.6) is 0 Å². The fourth-order valence-corrected chi connectivity index (χ4v) is 2.22. The third-order valence-electron chi connectivity index (χ3n) is 3.61. The molecule has 0 unspecified atom stereocenters. The molecule has 3 N–H and O–H groups in total. The van der Waals surface area contributed by atoms with E-state index in [1.807, 2.05) is 13.0 Å². The van der Waals surface area contributed by atoms with Crippen LogP contribution < -0.4 is 10.6 Å². The number of aliphatic hydroxyl groups is 1. The molecule has 0 radical (unpaired) electrons. The molecule has 6 heteroatoms. The largest absolute Gasteiger partial charge is 0.388 e. The van der Waals surface area contributed by atoms with E-state index in [0.29, 0.717) is 12.2 Å². The van der Waals surface area contributed by atoms with Crippen LogP contribution in [0.4, 0.5) is 17.1 Å². The Morgan fingerprint density at radius 1 is 1.30 bits per heavy atom. The molecule has 1 aromatic rings. The molecule has 1 aliphatic rings. The molecular weight excluding hydrogens is 258 g/mol. The third kappa shape index (κ3) is 3.60. The molecule has 0 atom stereocenters. The van der Waals surface area contributed by atoms with Gasteiger partial charge in [0.25, 0.3) is 5.69 Å². The van der Waals surface area contributed by atoms with Gasteiger partial charge < -0.3 is 15.7 Å². The van der Waals surface area contributed by atoms with Crippen LogP contribution in [0.2, 0.25) is 0 Å². The molecule has 110 valence electrons. The monoisotopic (exact) mass is 279 g/mol. The maximum absolute atomic E-state index is 10.9. The van der Waals surface area contributed by atoms with Gasteiger partial charge in [-0.25, -0.2) is 0 Å². The van der Waals surface area contributed by atoms with Gasteiger partial charge in [-0.15, -0.1) is 0 Å². The number of nitrogens with one attached hydrogen (secondary N) is 2. The molecule has 0 heterocycles. The quantitative estimate of drug-likeness (QED) is 0.527. The number of benzene rings is 1. The average molecular weight is 279 g/mol. The minimum atomic E-state index is -0.651. The van der Waals surface area contributed by atoms with E-state index in [2.05, 4.69) is 10.6 Å². The fraction of sp³-hybridized carbons (Fsp3) is 0.571. The van der Waals surface area contributed by atoms with Crippen molar-refractivity contribution in [3.05, 3.63) is 28.3 Å². The normalized spacial score (nSPS) is 16.3. The second-order valence-corrected chi connectivity index (χ2v) is 5.38. The molecule has 6 nitrogen and oxygen atoms in total. The van der Waals surface area contributed by atoms with Crippen molar-refractivity contribution >= 4 is 17.1 Å². The molecule has 0 bridgehead atoms. The maximum Gasteiger partial charge on any atom is 0.273 e. The van der Waals surface area contributed by atoms with Crippen molar-refractivity contribution in [2.75, 3.05) is 23.7 Å². The number of nitrogens with zero attached hydrogens (tertiary/aromatic N) is 1. The van der Waals surface area contributed by atoms with Crippen LogP contribution in [0.1, 0.15) is 32.6 Å². The predicted molar refractivity (Wildman–Crippen MR) is 79.2 cm³/mol. The number of hydrogen-bond donors (Lipinski definition) is 3. The standard InChI is InChI=1S/C14H21N3O3/c1-2-6-15-11-7-12(9-13(8-11)17(19)20)16-10-14(18)4-3-5-14/h7-9,15-16,18H,2-6,10H2,1H3. The van der Waals surface area contributed by atoms with E-state index < -0.39 is 10.5 Å². The second kappa shape index (κ2) is 6.09. The highest BCUT2D eigenvalue weighted by atomic mass is 16.6. The van der Waals surface area contributed by atoms with E-state index in [9.17, 15) is 15.2 Å². The van der Waals surface area contributed by atoms with Crippen LogP contribution >= 0.6 is 0 Å². The molecule has 0 saturated heterocycles. The van der Waals surface area contributed by atoms with Crippen molar-refractivity contribution in [2.24, 2.45) is 0 Å². The van der Waals surface area contributed by atoms with Crippen molar-refractivity contribution in [3.8, 4) is 0 Å². The van der Waals surface area contributed by atoms with Crippen LogP contribution in [0, 0.1) is 10.1 Å². The topological polar surface area (TPSA) is 87.4 Å². The van der Waals surface area contributed by atoms with Crippen LogP contribution in [0.15, 0.2) is 18.2 Å². The maximum atomic E-state index is 10.9. The average Bonchev–Trinajstić information content (AvgIpc) is 2.40. The van der Waals surface area contributed by atoms with Gasteiger partial charge in [-0.3, -0.25) is 10.1 Å². The van der Waals surface area contributed by atoms with E-state index in [0.717, 1.165) is 37.9 Å². The van der Waals surface area contributed by atoms with E-state index in [4.69, 9.17) is 0 Å². The summed E-state index contributed by atoms with van der Waals surface area (Å²) in [6, 6.07) is 4.86. The van der Waals surface area contributed by atoms with Gasteiger partial charge in [0.1, 0.15) is 0 Å². The van der Waals surface area contributed by atoms with Gasteiger partial charge in [0.15, 0.2) is 0 Å². The van der Waals surface area contributed by atoms with Gasteiger partial charge in [0, 0.05) is 36.6 Å². The first-order chi connectivity index (χ1) is 9.52. The summed E-state index contributed by atoms with van der Waals surface area (Å²) in [7, 11) is 0. The summed E-state index contributed by atoms with van der Waals surface area (Å²) in [4.78, 5) is 10.5. The SMILES string of the molecule is CCCNc1cc(NCC2(O)CCC2)cc([N+](=O)[O-])c1. The third-order valence-corrected chi connectivity index (χ3v) is 3.61. The molecular formula is C14H21N3O3. The van der Waals surface area contributed by atoms with Gasteiger partial charge in [-0.2, -0.15) is 0 Å². The minimum absolute atomic E-state index is 0.0502. The lowest BCUT2D eigenvalue weighted by Crippen LogP contribution is -2.43. The molecule has 20 heavy (non-hydrogen) atoms. The number of nitro groups is 1. The van der Waals surface area contributed by atoms with Crippen molar-refractivity contribution < 1.29 is 10.0 Å². The van der Waals surface area contributed by atoms with E-state index in [1.165, 1.54) is 12.1 Å². The molecule has 0 aromatic heterocycles. The first kappa shape index (κ1) is 14.6. The minimum Gasteiger partial charge on any atom is -0.388 e. The number of rotatable bonds is 7. The van der Waals surface area contributed by atoms with E-state index >= 15 is 0 Å². The van der Waals surface area contributed by atoms with Gasteiger partial charge >= 0.3 is 0 Å². The first-order valence-electron chi connectivity index (χ1n) is 7.02. The highest BCUT2D eigenvalue weighted by molar-refractivity contribution is 5.63. The Labute approximate surface area is 118 Å². The molecule has 1 fully saturated rings. The molecule has 1 aliphatic carbocycles. The molecule has 2 rings (SSSR count).